The van der Waals surface area contributed by atoms with Crippen LogP contribution < -0.4 is 5.32 Å². The van der Waals surface area contributed by atoms with Crippen molar-refractivity contribution in [1.82, 2.24) is 9.78 Å². The van der Waals surface area contributed by atoms with Gasteiger partial charge >= 0.3 is 0 Å². The molecule has 1 saturated heterocycles. The molecule has 2 aromatic rings. The topological polar surface area (TPSA) is 81.1 Å². The highest BCUT2D eigenvalue weighted by Gasteiger charge is 2.35. The van der Waals surface area contributed by atoms with Gasteiger partial charge in [0.2, 0.25) is 0 Å². The highest BCUT2D eigenvalue weighted by Crippen LogP contribution is 2.31. The van der Waals surface area contributed by atoms with Gasteiger partial charge in [-0.15, -0.1) is 0 Å². The Morgan fingerprint density at radius 1 is 1.32 bits per heavy atom. The smallest absolute Gasteiger partial charge is 0.274 e. The molecule has 132 valence electrons. The van der Waals surface area contributed by atoms with E-state index < -0.39 is 9.84 Å². The number of halogens is 1. The molecule has 0 saturated carbocycles. The molecule has 1 atom stereocenters. The predicted octanol–water partition coefficient (Wildman–Crippen LogP) is 2.64. The van der Waals surface area contributed by atoms with Crippen LogP contribution in [0, 0.1) is 0 Å². The SMILES string of the molecule is O=C(Nc1cccc(Cl)c1)c1c2c(nn1C1CCS(=O)(=O)C1)CCC2. The quantitative estimate of drug-likeness (QED) is 0.888. The van der Waals surface area contributed by atoms with Gasteiger partial charge in [-0.2, -0.15) is 5.10 Å². The Morgan fingerprint density at radius 3 is 2.88 bits per heavy atom. The van der Waals surface area contributed by atoms with E-state index in [0.717, 1.165) is 30.5 Å². The second kappa shape index (κ2) is 6.14. The second-order valence-corrected chi connectivity index (χ2v) is 9.26. The maximum atomic E-state index is 12.9. The minimum absolute atomic E-state index is 0.0466. The average molecular weight is 380 g/mol. The summed E-state index contributed by atoms with van der Waals surface area (Å²) in [6.45, 7) is 0. The van der Waals surface area contributed by atoms with Crippen LogP contribution in [0.25, 0.3) is 0 Å². The predicted molar refractivity (Wildman–Crippen MR) is 96.0 cm³/mol. The van der Waals surface area contributed by atoms with Gasteiger partial charge in [-0.05, 0) is 43.9 Å². The lowest BCUT2D eigenvalue weighted by molar-refractivity contribution is 0.101. The fourth-order valence-electron chi connectivity index (χ4n) is 3.64. The molecule has 1 unspecified atom stereocenters. The van der Waals surface area contributed by atoms with Gasteiger partial charge in [-0.25, -0.2) is 8.42 Å². The number of hydrogen-bond donors (Lipinski definition) is 1. The van der Waals surface area contributed by atoms with Crippen LogP contribution in [-0.2, 0) is 22.7 Å². The summed E-state index contributed by atoms with van der Waals surface area (Å²) >= 11 is 5.98. The average Bonchev–Trinajstić information content (AvgIpc) is 3.20. The zero-order chi connectivity index (χ0) is 17.6. The number of hydrogen-bond acceptors (Lipinski definition) is 4. The number of anilines is 1. The Morgan fingerprint density at radius 2 is 2.16 bits per heavy atom. The normalized spacial score (nSPS) is 21.2. The van der Waals surface area contributed by atoms with Gasteiger partial charge in [0.05, 0.1) is 23.2 Å². The van der Waals surface area contributed by atoms with Crippen molar-refractivity contribution in [2.24, 2.45) is 0 Å². The number of aromatic nitrogens is 2. The minimum Gasteiger partial charge on any atom is -0.321 e. The molecule has 1 aliphatic heterocycles. The molecule has 1 amide bonds. The van der Waals surface area contributed by atoms with Crippen molar-refractivity contribution in [2.75, 3.05) is 16.8 Å². The van der Waals surface area contributed by atoms with E-state index in [9.17, 15) is 13.2 Å². The summed E-state index contributed by atoms with van der Waals surface area (Å²) in [7, 11) is -3.05. The molecule has 1 N–H and O–H groups in total. The van der Waals surface area contributed by atoms with Crippen molar-refractivity contribution >= 4 is 33.0 Å². The van der Waals surface area contributed by atoms with Crippen molar-refractivity contribution in [1.29, 1.82) is 0 Å². The van der Waals surface area contributed by atoms with Crippen molar-refractivity contribution in [3.63, 3.8) is 0 Å². The summed E-state index contributed by atoms with van der Waals surface area (Å²) in [6.07, 6.45) is 3.10. The first-order chi connectivity index (χ1) is 11.9. The molecule has 0 bridgehead atoms. The number of amides is 1. The number of sulfone groups is 1. The Kier molecular flexibility index (Phi) is 4.08. The summed E-state index contributed by atoms with van der Waals surface area (Å²) in [5.41, 5.74) is 2.97. The Labute approximate surface area is 151 Å². The monoisotopic (exact) mass is 379 g/mol. The number of rotatable bonds is 3. The summed E-state index contributed by atoms with van der Waals surface area (Å²) in [5, 5.41) is 7.99. The van der Waals surface area contributed by atoms with Gasteiger partial charge in [-0.3, -0.25) is 9.48 Å². The fourth-order valence-corrected chi connectivity index (χ4v) is 5.52. The van der Waals surface area contributed by atoms with Crippen LogP contribution in [0.4, 0.5) is 5.69 Å². The van der Waals surface area contributed by atoms with Crippen molar-refractivity contribution < 1.29 is 13.2 Å². The molecule has 1 aromatic heterocycles. The van der Waals surface area contributed by atoms with Crippen molar-refractivity contribution in [3.05, 3.63) is 46.2 Å². The Balaban J connectivity index is 1.69. The zero-order valence-electron chi connectivity index (χ0n) is 13.5. The molecular formula is C17H18ClN3O3S. The molecule has 1 fully saturated rings. The first-order valence-electron chi connectivity index (χ1n) is 8.30. The van der Waals surface area contributed by atoms with Crippen LogP contribution in [0.15, 0.2) is 24.3 Å². The van der Waals surface area contributed by atoms with Gasteiger partial charge in [-0.1, -0.05) is 17.7 Å². The van der Waals surface area contributed by atoms with E-state index in [2.05, 4.69) is 10.4 Å². The number of carbonyl (C=O) groups is 1. The first kappa shape index (κ1) is 16.6. The lowest BCUT2D eigenvalue weighted by Gasteiger charge is -2.14. The number of fused-ring (bicyclic) bond motifs is 1. The fraction of sp³-hybridized carbons (Fsp3) is 0.412. The van der Waals surface area contributed by atoms with Crippen LogP contribution in [0.3, 0.4) is 0 Å². The zero-order valence-corrected chi connectivity index (χ0v) is 15.1. The van der Waals surface area contributed by atoms with E-state index in [-0.39, 0.29) is 23.5 Å². The molecule has 0 radical (unpaired) electrons. The lowest BCUT2D eigenvalue weighted by atomic mass is 10.1. The third-order valence-corrected chi connectivity index (χ3v) is 6.77. The highest BCUT2D eigenvalue weighted by atomic mass is 35.5. The van der Waals surface area contributed by atoms with Crippen molar-refractivity contribution in [3.8, 4) is 0 Å². The van der Waals surface area contributed by atoms with Gasteiger partial charge in [0.25, 0.3) is 5.91 Å². The molecule has 1 aromatic carbocycles. The number of carbonyl (C=O) groups excluding carboxylic acids is 1. The minimum atomic E-state index is -3.05. The second-order valence-electron chi connectivity index (χ2n) is 6.59. The molecule has 25 heavy (non-hydrogen) atoms. The third-order valence-electron chi connectivity index (χ3n) is 4.78. The largest absolute Gasteiger partial charge is 0.321 e. The van der Waals surface area contributed by atoms with Crippen LogP contribution in [0.5, 0.6) is 0 Å². The van der Waals surface area contributed by atoms with Crippen LogP contribution in [0.1, 0.15) is 40.6 Å². The van der Waals surface area contributed by atoms with E-state index in [1.54, 1.807) is 28.9 Å². The Bertz CT molecular complexity index is 952. The highest BCUT2D eigenvalue weighted by molar-refractivity contribution is 7.91. The maximum Gasteiger partial charge on any atom is 0.274 e. The summed E-state index contributed by atoms with van der Waals surface area (Å²) in [6, 6.07) is 6.69. The van der Waals surface area contributed by atoms with E-state index in [1.165, 1.54) is 0 Å². The van der Waals surface area contributed by atoms with Crippen LogP contribution in [0.2, 0.25) is 5.02 Å². The molecule has 1 aliphatic carbocycles. The molecule has 4 rings (SSSR count). The van der Waals surface area contributed by atoms with Crippen molar-refractivity contribution in [2.45, 2.75) is 31.7 Å². The molecule has 6 nitrogen and oxygen atoms in total. The number of benzene rings is 1. The third kappa shape index (κ3) is 3.18. The number of nitrogens with zero attached hydrogens (tertiary/aromatic N) is 2. The van der Waals surface area contributed by atoms with Gasteiger partial charge in [0.1, 0.15) is 5.69 Å². The first-order valence-corrected chi connectivity index (χ1v) is 10.5. The summed E-state index contributed by atoms with van der Waals surface area (Å²) in [5.74, 6) is -0.0649. The molecule has 2 aliphatic rings. The van der Waals surface area contributed by atoms with E-state index >= 15 is 0 Å². The Hall–Kier alpha value is -1.86. The van der Waals surface area contributed by atoms with Gasteiger partial charge in [0.15, 0.2) is 9.84 Å². The van der Waals surface area contributed by atoms with E-state index in [0.29, 0.717) is 22.8 Å². The molecule has 2 heterocycles. The standard InChI is InChI=1S/C17H18ClN3O3S/c18-11-3-1-4-12(9-11)19-17(22)16-14-5-2-6-15(14)20-21(16)13-7-8-25(23,24)10-13/h1,3-4,9,13H,2,5-8,10H2,(H,19,22). The summed E-state index contributed by atoms with van der Waals surface area (Å²) < 4.78 is 25.3. The number of aryl methyl sites for hydroxylation is 1. The van der Waals surface area contributed by atoms with Gasteiger partial charge in [0, 0.05) is 16.3 Å². The molecular weight excluding hydrogens is 362 g/mol. The van der Waals surface area contributed by atoms with Crippen LogP contribution in [-0.4, -0.2) is 35.6 Å². The molecule has 0 spiro atoms. The van der Waals surface area contributed by atoms with E-state index in [1.807, 2.05) is 0 Å². The summed E-state index contributed by atoms with van der Waals surface area (Å²) in [4.78, 5) is 12.9. The lowest BCUT2D eigenvalue weighted by Crippen LogP contribution is -2.23. The number of nitrogens with one attached hydrogen (secondary N) is 1. The van der Waals surface area contributed by atoms with Gasteiger partial charge < -0.3 is 5.32 Å². The van der Waals surface area contributed by atoms with Crippen LogP contribution >= 0.6 is 11.6 Å². The maximum absolute atomic E-state index is 12.9. The van der Waals surface area contributed by atoms with E-state index in [4.69, 9.17) is 11.6 Å². The molecule has 8 heteroatoms.